The molecule has 0 saturated heterocycles. The zero-order valence-corrected chi connectivity index (χ0v) is 11.8. The van der Waals surface area contributed by atoms with Gasteiger partial charge in [0.2, 0.25) is 5.91 Å². The molecule has 1 aliphatic carbocycles. The highest BCUT2D eigenvalue weighted by atomic mass is 32.1. The molecule has 0 radical (unpaired) electrons. The maximum absolute atomic E-state index is 11.9. The molecule has 19 heavy (non-hydrogen) atoms. The van der Waals surface area contributed by atoms with Crippen molar-refractivity contribution in [3.8, 4) is 0 Å². The van der Waals surface area contributed by atoms with Crippen molar-refractivity contribution < 1.29 is 19.4 Å². The molecule has 6 heteroatoms. The van der Waals surface area contributed by atoms with Crippen molar-refractivity contribution in [3.63, 3.8) is 0 Å². The first-order valence-electron chi connectivity index (χ1n) is 6.33. The van der Waals surface area contributed by atoms with Gasteiger partial charge in [-0.1, -0.05) is 0 Å². The Balaban J connectivity index is 2.46. The van der Waals surface area contributed by atoms with Gasteiger partial charge in [0.1, 0.15) is 4.88 Å². The number of thiophene rings is 1. The Morgan fingerprint density at radius 2 is 2.26 bits per heavy atom. The van der Waals surface area contributed by atoms with E-state index in [-0.39, 0.29) is 12.5 Å². The van der Waals surface area contributed by atoms with Crippen LogP contribution in [0.25, 0.3) is 0 Å². The fourth-order valence-corrected chi connectivity index (χ4v) is 3.47. The van der Waals surface area contributed by atoms with Gasteiger partial charge in [0.15, 0.2) is 0 Å². The Bertz CT molecular complexity index is 509. The third-order valence-electron chi connectivity index (χ3n) is 3.01. The molecule has 1 atom stereocenters. The summed E-state index contributed by atoms with van der Waals surface area (Å²) in [5.74, 6) is -0.677. The number of aliphatic hydroxyl groups excluding tert-OH is 1. The summed E-state index contributed by atoms with van der Waals surface area (Å²) in [5.41, 5.74) is 1.40. The summed E-state index contributed by atoms with van der Waals surface area (Å²) < 4.78 is 5.00. The quantitative estimate of drug-likeness (QED) is 0.834. The van der Waals surface area contributed by atoms with Gasteiger partial charge in [0.05, 0.1) is 18.4 Å². The van der Waals surface area contributed by atoms with Gasteiger partial charge in [-0.05, 0) is 31.7 Å². The monoisotopic (exact) mass is 283 g/mol. The number of esters is 1. The average Bonchev–Trinajstić information content (AvgIpc) is 2.70. The van der Waals surface area contributed by atoms with E-state index in [1.165, 1.54) is 18.3 Å². The molecule has 1 heterocycles. The smallest absolute Gasteiger partial charge is 0.350 e. The molecule has 2 N–H and O–H groups in total. The molecule has 1 aliphatic rings. The predicted octanol–water partition coefficient (Wildman–Crippen LogP) is 2.25. The number of anilines is 1. The van der Waals surface area contributed by atoms with E-state index in [0.717, 1.165) is 23.3 Å². The highest BCUT2D eigenvalue weighted by Crippen LogP contribution is 2.43. The van der Waals surface area contributed by atoms with Gasteiger partial charge in [-0.25, -0.2) is 4.79 Å². The molecule has 104 valence electrons. The molecule has 0 aromatic carbocycles. The van der Waals surface area contributed by atoms with Crippen molar-refractivity contribution >= 4 is 28.9 Å². The number of nitrogens with one attached hydrogen (secondary N) is 1. The Morgan fingerprint density at radius 3 is 2.89 bits per heavy atom. The van der Waals surface area contributed by atoms with Crippen LogP contribution in [0.15, 0.2) is 0 Å². The molecule has 5 nitrogen and oxygen atoms in total. The summed E-state index contributed by atoms with van der Waals surface area (Å²) in [7, 11) is 0. The number of fused-ring (bicyclic) bond motifs is 1. The van der Waals surface area contributed by atoms with Crippen molar-refractivity contribution in [2.24, 2.45) is 0 Å². The van der Waals surface area contributed by atoms with Crippen molar-refractivity contribution in [2.75, 3.05) is 11.9 Å². The van der Waals surface area contributed by atoms with Crippen molar-refractivity contribution in [1.82, 2.24) is 0 Å². The molecular weight excluding hydrogens is 266 g/mol. The van der Waals surface area contributed by atoms with Crippen LogP contribution in [-0.2, 0) is 16.0 Å². The van der Waals surface area contributed by atoms with E-state index in [1.54, 1.807) is 6.92 Å². The molecule has 1 aromatic rings. The lowest BCUT2D eigenvalue weighted by Gasteiger charge is -2.18. The van der Waals surface area contributed by atoms with E-state index in [9.17, 15) is 14.7 Å². The number of aliphatic hydroxyl groups is 1. The minimum absolute atomic E-state index is 0.230. The zero-order chi connectivity index (χ0) is 14.0. The van der Waals surface area contributed by atoms with Crippen LogP contribution < -0.4 is 5.32 Å². The Labute approximate surface area is 115 Å². The van der Waals surface area contributed by atoms with Crippen LogP contribution in [0.5, 0.6) is 0 Å². The summed E-state index contributed by atoms with van der Waals surface area (Å²) in [5, 5.41) is 12.7. The Kier molecular flexibility index (Phi) is 4.21. The largest absolute Gasteiger partial charge is 0.462 e. The number of hydrogen-bond donors (Lipinski definition) is 2. The third-order valence-corrected chi connectivity index (χ3v) is 4.32. The van der Waals surface area contributed by atoms with E-state index < -0.39 is 12.1 Å². The van der Waals surface area contributed by atoms with Crippen molar-refractivity contribution in [1.29, 1.82) is 0 Å². The van der Waals surface area contributed by atoms with E-state index in [1.807, 2.05) is 0 Å². The normalized spacial score (nSPS) is 17.7. The van der Waals surface area contributed by atoms with E-state index in [4.69, 9.17) is 4.74 Å². The van der Waals surface area contributed by atoms with Gasteiger partial charge >= 0.3 is 5.97 Å². The fourth-order valence-electron chi connectivity index (χ4n) is 2.25. The molecule has 0 bridgehead atoms. The minimum atomic E-state index is -0.551. The number of hydrogen-bond acceptors (Lipinski definition) is 5. The maximum atomic E-state index is 11.9. The summed E-state index contributed by atoms with van der Waals surface area (Å²) in [4.78, 5) is 24.4. The molecule has 0 unspecified atom stereocenters. The molecule has 0 fully saturated rings. The van der Waals surface area contributed by atoms with Crippen LogP contribution in [0.4, 0.5) is 5.69 Å². The van der Waals surface area contributed by atoms with Crippen LogP contribution in [0.2, 0.25) is 0 Å². The minimum Gasteiger partial charge on any atom is -0.462 e. The first-order valence-corrected chi connectivity index (χ1v) is 7.14. The molecule has 0 spiro atoms. The second-order valence-electron chi connectivity index (χ2n) is 4.46. The molecule has 0 saturated carbocycles. The zero-order valence-electron chi connectivity index (χ0n) is 11.0. The van der Waals surface area contributed by atoms with E-state index in [0.29, 0.717) is 17.0 Å². The van der Waals surface area contributed by atoms with Gasteiger partial charge in [0.25, 0.3) is 0 Å². The number of carbonyl (C=O) groups is 2. The summed E-state index contributed by atoms with van der Waals surface area (Å²) in [6.07, 6.45) is 1.75. The first-order chi connectivity index (χ1) is 9.04. The molecular formula is C13H17NO4S. The summed E-state index contributed by atoms with van der Waals surface area (Å²) in [6.45, 7) is 3.42. The topological polar surface area (TPSA) is 75.6 Å². The molecule has 1 amide bonds. The summed E-state index contributed by atoms with van der Waals surface area (Å²) >= 11 is 1.22. The van der Waals surface area contributed by atoms with Crippen molar-refractivity contribution in [3.05, 3.63) is 15.3 Å². The van der Waals surface area contributed by atoms with Crippen LogP contribution in [0, 0.1) is 0 Å². The van der Waals surface area contributed by atoms with Crippen LogP contribution in [-0.4, -0.2) is 23.6 Å². The third kappa shape index (κ3) is 2.79. The lowest BCUT2D eigenvalue weighted by Crippen LogP contribution is -2.13. The van der Waals surface area contributed by atoms with Crippen LogP contribution >= 0.6 is 11.3 Å². The first kappa shape index (κ1) is 14.0. The average molecular weight is 283 g/mol. The Morgan fingerprint density at radius 1 is 1.53 bits per heavy atom. The second-order valence-corrected chi connectivity index (χ2v) is 5.51. The highest BCUT2D eigenvalue weighted by Gasteiger charge is 2.29. The number of amides is 1. The van der Waals surface area contributed by atoms with Crippen molar-refractivity contribution in [2.45, 2.75) is 39.2 Å². The molecule has 2 rings (SSSR count). The van der Waals surface area contributed by atoms with E-state index >= 15 is 0 Å². The lowest BCUT2D eigenvalue weighted by molar-refractivity contribution is -0.114. The van der Waals surface area contributed by atoms with E-state index in [2.05, 4.69) is 5.32 Å². The summed E-state index contributed by atoms with van der Waals surface area (Å²) in [6, 6.07) is 0. The van der Waals surface area contributed by atoms with Gasteiger partial charge in [-0.2, -0.15) is 0 Å². The van der Waals surface area contributed by atoms with Gasteiger partial charge in [0, 0.05) is 11.8 Å². The highest BCUT2D eigenvalue weighted by molar-refractivity contribution is 7.15. The molecule has 0 aliphatic heterocycles. The Hall–Kier alpha value is -1.40. The van der Waals surface area contributed by atoms with Gasteiger partial charge < -0.3 is 15.2 Å². The standard InChI is InChI=1S/C13H17NO4S/c1-3-18-13(17)12-10(14-7(2)15)8-5-4-6-9(16)11(8)19-12/h9,16H,3-6H2,1-2H3,(H,14,15)/t9-/m1/s1. The number of ether oxygens (including phenoxy) is 1. The number of carbonyl (C=O) groups excluding carboxylic acids is 2. The SMILES string of the molecule is CCOC(=O)c1sc2c(c1NC(C)=O)CCC[C@H]2O. The van der Waals surface area contributed by atoms with Crippen LogP contribution in [0.3, 0.4) is 0 Å². The lowest BCUT2D eigenvalue weighted by atomic mass is 9.95. The second kappa shape index (κ2) is 5.71. The maximum Gasteiger partial charge on any atom is 0.350 e. The van der Waals surface area contributed by atoms with Crippen LogP contribution in [0.1, 0.15) is 52.9 Å². The van der Waals surface area contributed by atoms with Gasteiger partial charge in [-0.3, -0.25) is 4.79 Å². The number of rotatable bonds is 3. The van der Waals surface area contributed by atoms with Gasteiger partial charge in [-0.15, -0.1) is 11.3 Å². The molecule has 1 aromatic heterocycles. The fraction of sp³-hybridized carbons (Fsp3) is 0.538. The predicted molar refractivity (Wildman–Crippen MR) is 72.5 cm³/mol.